The Morgan fingerprint density at radius 1 is 0.461 bits per heavy atom. The molecule has 446 valence electrons. The van der Waals surface area contributed by atoms with Crippen molar-refractivity contribution in [3.63, 3.8) is 0 Å². The molecule has 0 aliphatic carbocycles. The molecule has 1 amide bonds. The summed E-state index contributed by atoms with van der Waals surface area (Å²) in [6.45, 7) is 6.84. The molecule has 0 aliphatic rings. The Balaban J connectivity index is 5.08. The third-order valence-electron chi connectivity index (χ3n) is 14.5. The van der Waals surface area contributed by atoms with Crippen LogP contribution in [0.3, 0.4) is 0 Å². The van der Waals surface area contributed by atoms with Gasteiger partial charge >= 0.3 is 5.97 Å². The van der Waals surface area contributed by atoms with Crippen molar-refractivity contribution in [3.8, 4) is 0 Å². The average molecular weight is 1090 g/mol. The van der Waals surface area contributed by atoms with Gasteiger partial charge in [-0.1, -0.05) is 275 Å². The molecule has 0 aliphatic heterocycles. The first kappa shape index (κ1) is 74.0. The number of ether oxygens (including phenoxy) is 1. The highest BCUT2D eigenvalue weighted by Crippen LogP contribution is 2.38. The molecule has 0 aromatic heterocycles. The number of carbonyl (C=O) groups is 2. The first-order valence-corrected chi connectivity index (χ1v) is 33.9. The van der Waals surface area contributed by atoms with Crippen molar-refractivity contribution in [2.45, 2.75) is 322 Å². The van der Waals surface area contributed by atoms with Crippen LogP contribution >= 0.6 is 7.82 Å². The standard InChI is InChI=1S/C66H125N2O7P/c1-7-10-13-16-19-22-25-28-29-30-31-32-33-34-35-36-37-38-39-41-43-46-49-52-55-58-65(69)67-63(62-74-76(71,72)73-61-60-68(4,5)6)64(57-54-51-48-45-42-27-24-21-18-15-12-9-3)75-66(70)59-56-53-50-47-44-40-26-23-20-17-14-11-8-2/h19,22,28-29,31-32,54,57,63-64H,7-18,20-21,23-27,30,33-53,55-56,58-62H2,1-6H3,(H-,67,69,71,72)/b22-19-,29-28-,32-31-,57-54-. The van der Waals surface area contributed by atoms with Gasteiger partial charge in [0, 0.05) is 12.8 Å². The van der Waals surface area contributed by atoms with Gasteiger partial charge in [-0.05, 0) is 70.3 Å². The van der Waals surface area contributed by atoms with E-state index >= 15 is 0 Å². The number of phosphoric ester groups is 1. The molecule has 0 rings (SSSR count). The number of allylic oxidation sites excluding steroid dienone is 7. The highest BCUT2D eigenvalue weighted by atomic mass is 31.2. The number of amides is 1. The van der Waals surface area contributed by atoms with Gasteiger partial charge in [0.15, 0.2) is 0 Å². The number of phosphoric acid groups is 1. The van der Waals surface area contributed by atoms with Crippen molar-refractivity contribution in [3.05, 3.63) is 48.6 Å². The van der Waals surface area contributed by atoms with Gasteiger partial charge in [0.05, 0.1) is 33.8 Å². The summed E-state index contributed by atoms with van der Waals surface area (Å²) in [5, 5.41) is 3.04. The van der Waals surface area contributed by atoms with E-state index in [9.17, 15) is 19.0 Å². The molecule has 1 N–H and O–H groups in total. The summed E-state index contributed by atoms with van der Waals surface area (Å²) >= 11 is 0. The van der Waals surface area contributed by atoms with E-state index in [1.165, 1.54) is 205 Å². The highest BCUT2D eigenvalue weighted by molar-refractivity contribution is 7.45. The summed E-state index contributed by atoms with van der Waals surface area (Å²) in [6, 6.07) is -0.886. The lowest BCUT2D eigenvalue weighted by Gasteiger charge is -2.30. The summed E-state index contributed by atoms with van der Waals surface area (Å²) in [5.74, 6) is -0.531. The summed E-state index contributed by atoms with van der Waals surface area (Å²) in [4.78, 5) is 40.0. The zero-order valence-corrected chi connectivity index (χ0v) is 51.9. The van der Waals surface area contributed by atoms with Gasteiger partial charge in [-0.25, -0.2) is 0 Å². The fourth-order valence-electron chi connectivity index (χ4n) is 9.47. The minimum absolute atomic E-state index is 0.0211. The Morgan fingerprint density at radius 3 is 1.22 bits per heavy atom. The lowest BCUT2D eigenvalue weighted by Crippen LogP contribution is -2.47. The van der Waals surface area contributed by atoms with Gasteiger partial charge in [0.2, 0.25) is 5.91 Å². The number of unbranched alkanes of at least 4 members (excludes halogenated alkanes) is 37. The number of carbonyl (C=O) groups excluding carboxylic acids is 2. The van der Waals surface area contributed by atoms with Crippen LogP contribution in [0.5, 0.6) is 0 Å². The van der Waals surface area contributed by atoms with Gasteiger partial charge in [-0.3, -0.25) is 14.2 Å². The van der Waals surface area contributed by atoms with Gasteiger partial charge in [-0.15, -0.1) is 0 Å². The van der Waals surface area contributed by atoms with Crippen molar-refractivity contribution in [1.82, 2.24) is 5.32 Å². The lowest BCUT2D eigenvalue weighted by molar-refractivity contribution is -0.870. The fraction of sp³-hybridized carbons (Fsp3) is 0.848. The monoisotopic (exact) mass is 1090 g/mol. The van der Waals surface area contributed by atoms with Crippen LogP contribution in [0, 0.1) is 0 Å². The van der Waals surface area contributed by atoms with Gasteiger partial charge in [0.1, 0.15) is 19.3 Å². The van der Waals surface area contributed by atoms with E-state index in [0.29, 0.717) is 17.4 Å². The zero-order valence-electron chi connectivity index (χ0n) is 51.0. The number of nitrogens with zero attached hydrogens (tertiary/aromatic N) is 1. The number of nitrogens with one attached hydrogen (secondary N) is 1. The summed E-state index contributed by atoms with van der Waals surface area (Å²) in [7, 11) is 1.19. The molecule has 10 heteroatoms. The van der Waals surface area contributed by atoms with E-state index in [2.05, 4.69) is 62.5 Å². The van der Waals surface area contributed by atoms with Crippen molar-refractivity contribution in [2.75, 3.05) is 40.9 Å². The Morgan fingerprint density at radius 2 is 0.803 bits per heavy atom. The van der Waals surface area contributed by atoms with Crippen LogP contribution in [0.4, 0.5) is 0 Å². The molecule has 3 atom stereocenters. The Hall–Kier alpha value is -2.03. The third kappa shape index (κ3) is 56.7. The van der Waals surface area contributed by atoms with E-state index in [4.69, 9.17) is 13.8 Å². The van der Waals surface area contributed by atoms with Crippen LogP contribution in [0.25, 0.3) is 0 Å². The maximum absolute atomic E-state index is 13.5. The van der Waals surface area contributed by atoms with Crippen molar-refractivity contribution in [1.29, 1.82) is 0 Å². The lowest BCUT2D eigenvalue weighted by atomic mass is 10.0. The molecule has 76 heavy (non-hydrogen) atoms. The predicted octanol–water partition coefficient (Wildman–Crippen LogP) is 19.4. The topological polar surface area (TPSA) is 114 Å². The maximum atomic E-state index is 13.5. The highest BCUT2D eigenvalue weighted by Gasteiger charge is 2.27. The SMILES string of the molecule is CCCCC/C=C\C/C=C\C/C=C\CCCCCCCCCCCCCCC(=O)NC(COP(=O)([O-])OCC[N+](C)(C)C)C(/C=C\CCCCCCCCCCCC)OC(=O)CCCCCCCCCCCCCCC. The molecule has 0 radical (unpaired) electrons. The minimum atomic E-state index is -4.70. The third-order valence-corrected chi connectivity index (χ3v) is 15.5. The van der Waals surface area contributed by atoms with E-state index in [1.54, 1.807) is 0 Å². The van der Waals surface area contributed by atoms with Crippen LogP contribution in [0.2, 0.25) is 0 Å². The first-order valence-electron chi connectivity index (χ1n) is 32.4. The molecule has 0 saturated carbocycles. The van der Waals surface area contributed by atoms with Crippen molar-refractivity contribution >= 4 is 19.7 Å². The number of likely N-dealkylation sites (N-methyl/N-ethyl adjacent to an activating group) is 1. The number of esters is 1. The Kier molecular flexibility index (Phi) is 54.7. The number of quaternary nitrogens is 1. The van der Waals surface area contributed by atoms with Gasteiger partial charge < -0.3 is 28.5 Å². The average Bonchev–Trinajstić information content (AvgIpc) is 3.38. The predicted molar refractivity (Wildman–Crippen MR) is 326 cm³/mol. The zero-order chi connectivity index (χ0) is 55.7. The molecule has 0 fully saturated rings. The molecule has 0 bridgehead atoms. The van der Waals surface area contributed by atoms with Gasteiger partial charge in [0.25, 0.3) is 7.82 Å². The quantitative estimate of drug-likeness (QED) is 0.0212. The van der Waals surface area contributed by atoms with Crippen LogP contribution in [-0.2, 0) is 27.9 Å². The van der Waals surface area contributed by atoms with Crippen LogP contribution in [-0.4, -0.2) is 69.4 Å². The van der Waals surface area contributed by atoms with E-state index in [-0.39, 0.29) is 31.5 Å². The second kappa shape index (κ2) is 56.3. The Labute approximate surface area is 471 Å². The molecule has 0 saturated heterocycles. The molecule has 0 aromatic rings. The molecule has 0 heterocycles. The molecule has 0 spiro atoms. The maximum Gasteiger partial charge on any atom is 0.306 e. The summed E-state index contributed by atoms with van der Waals surface area (Å²) < 4.78 is 30.3. The number of hydrogen-bond acceptors (Lipinski definition) is 7. The summed E-state index contributed by atoms with van der Waals surface area (Å²) in [6.07, 6.45) is 69.3. The minimum Gasteiger partial charge on any atom is -0.756 e. The van der Waals surface area contributed by atoms with Crippen LogP contribution in [0.1, 0.15) is 310 Å². The number of rotatable bonds is 59. The van der Waals surface area contributed by atoms with E-state index < -0.39 is 20.0 Å². The van der Waals surface area contributed by atoms with Crippen LogP contribution < -0.4 is 10.2 Å². The van der Waals surface area contributed by atoms with E-state index in [1.807, 2.05) is 33.3 Å². The van der Waals surface area contributed by atoms with Crippen molar-refractivity contribution < 1.29 is 37.3 Å². The van der Waals surface area contributed by atoms with E-state index in [0.717, 1.165) is 70.6 Å². The number of hydrogen-bond donors (Lipinski definition) is 1. The molecular weight excluding hydrogens is 964 g/mol. The second-order valence-corrected chi connectivity index (χ2v) is 24.7. The molecule has 3 unspecified atom stereocenters. The molecular formula is C66H125N2O7P. The first-order chi connectivity index (χ1) is 36.9. The largest absolute Gasteiger partial charge is 0.756 e. The van der Waals surface area contributed by atoms with Gasteiger partial charge in [-0.2, -0.15) is 0 Å². The van der Waals surface area contributed by atoms with Crippen LogP contribution in [0.15, 0.2) is 48.6 Å². The molecule has 9 nitrogen and oxygen atoms in total. The smallest absolute Gasteiger partial charge is 0.306 e. The second-order valence-electron chi connectivity index (χ2n) is 23.3. The Bertz CT molecular complexity index is 1440. The van der Waals surface area contributed by atoms with Crippen molar-refractivity contribution in [2.24, 2.45) is 0 Å². The molecule has 0 aromatic carbocycles. The normalized spacial score (nSPS) is 13.9. The summed E-state index contributed by atoms with van der Waals surface area (Å²) in [5.41, 5.74) is 0. The fourth-order valence-corrected chi connectivity index (χ4v) is 10.2.